The lowest BCUT2D eigenvalue weighted by Crippen LogP contribution is -2.33. The van der Waals surface area contributed by atoms with Crippen LogP contribution in [0.2, 0.25) is 0 Å². The summed E-state index contributed by atoms with van der Waals surface area (Å²) in [6, 6.07) is 0.285. The van der Waals surface area contributed by atoms with Gasteiger partial charge in [-0.2, -0.15) is 5.10 Å². The number of carbonyl (C=O) groups is 1. The Labute approximate surface area is 67.1 Å². The molecule has 0 spiro atoms. The molecule has 1 aliphatic rings. The Bertz CT molecular complexity index is 189. The van der Waals surface area contributed by atoms with Gasteiger partial charge in [0.25, 0.3) is 0 Å². The average Bonchev–Trinajstić information content (AvgIpc) is 2.30. The molecule has 0 aromatic rings. The van der Waals surface area contributed by atoms with Gasteiger partial charge < -0.3 is 0 Å². The summed E-state index contributed by atoms with van der Waals surface area (Å²) >= 11 is 0. The smallest absolute Gasteiger partial charge is 0.239 e. The number of rotatable bonds is 1. The number of hydrogen-bond acceptors (Lipinski definition) is 2. The number of hydrogen-bond donors (Lipinski definition) is 0. The van der Waals surface area contributed by atoms with Crippen molar-refractivity contribution >= 4 is 12.1 Å². The summed E-state index contributed by atoms with van der Waals surface area (Å²) in [5.74, 6) is 0.446. The number of amides is 1. The van der Waals surface area contributed by atoms with Crippen molar-refractivity contribution in [3.63, 3.8) is 0 Å². The lowest BCUT2D eigenvalue weighted by atomic mass is 10.0. The maximum atomic E-state index is 11.0. The summed E-state index contributed by atoms with van der Waals surface area (Å²) in [5.41, 5.74) is 0. The average molecular weight is 154 g/mol. The normalized spacial score (nSPS) is 29.5. The molecule has 0 saturated heterocycles. The van der Waals surface area contributed by atoms with Crippen LogP contribution in [0.5, 0.6) is 0 Å². The van der Waals surface area contributed by atoms with Crippen LogP contribution in [0.15, 0.2) is 5.10 Å². The molecule has 0 N–H and O–H groups in total. The lowest BCUT2D eigenvalue weighted by molar-refractivity contribution is -0.130. The Morgan fingerprint density at radius 1 is 1.73 bits per heavy atom. The topological polar surface area (TPSA) is 32.7 Å². The molecule has 0 unspecified atom stereocenters. The summed E-state index contributed by atoms with van der Waals surface area (Å²) in [6.07, 6.45) is 2.82. The van der Waals surface area contributed by atoms with Crippen molar-refractivity contribution in [3.05, 3.63) is 0 Å². The van der Waals surface area contributed by atoms with E-state index >= 15 is 0 Å². The van der Waals surface area contributed by atoms with Crippen LogP contribution >= 0.6 is 0 Å². The molecule has 3 heteroatoms. The Morgan fingerprint density at radius 3 is 2.73 bits per heavy atom. The molecule has 3 nitrogen and oxygen atoms in total. The molecule has 0 radical (unpaired) electrons. The van der Waals surface area contributed by atoms with Crippen molar-refractivity contribution in [2.45, 2.75) is 33.2 Å². The molecule has 1 rings (SSSR count). The number of nitrogens with zero attached hydrogens (tertiary/aromatic N) is 2. The van der Waals surface area contributed by atoms with Gasteiger partial charge in [-0.25, -0.2) is 5.01 Å². The van der Waals surface area contributed by atoms with E-state index < -0.39 is 0 Å². The Kier molecular flexibility index (Phi) is 2.27. The van der Waals surface area contributed by atoms with Crippen molar-refractivity contribution in [2.24, 2.45) is 11.0 Å². The zero-order valence-corrected chi connectivity index (χ0v) is 7.24. The van der Waals surface area contributed by atoms with Crippen LogP contribution in [-0.4, -0.2) is 23.2 Å². The van der Waals surface area contributed by atoms with Crippen molar-refractivity contribution in [1.82, 2.24) is 5.01 Å². The molecular weight excluding hydrogens is 140 g/mol. The number of carbonyl (C=O) groups excluding carboxylic acids is 1. The Balaban J connectivity index is 2.68. The summed E-state index contributed by atoms with van der Waals surface area (Å²) in [4.78, 5) is 11.0. The predicted octanol–water partition coefficient (Wildman–Crippen LogP) is 1.25. The zero-order valence-electron chi connectivity index (χ0n) is 7.24. The first-order valence-electron chi connectivity index (χ1n) is 4.00. The van der Waals surface area contributed by atoms with Crippen LogP contribution in [-0.2, 0) is 4.79 Å². The van der Waals surface area contributed by atoms with E-state index in [1.54, 1.807) is 11.9 Å². The quantitative estimate of drug-likeness (QED) is 0.559. The second kappa shape index (κ2) is 3.03. The third-order valence-electron chi connectivity index (χ3n) is 2.09. The molecule has 0 fully saturated rings. The van der Waals surface area contributed by atoms with Gasteiger partial charge in [-0.3, -0.25) is 4.79 Å². The molecular formula is C8H14N2O. The van der Waals surface area contributed by atoms with Crippen molar-refractivity contribution in [3.8, 4) is 0 Å². The second-order valence-electron chi connectivity index (χ2n) is 2.96. The van der Waals surface area contributed by atoms with Gasteiger partial charge in [0.2, 0.25) is 5.91 Å². The zero-order chi connectivity index (χ0) is 8.43. The van der Waals surface area contributed by atoms with Crippen LogP contribution in [0, 0.1) is 5.92 Å². The van der Waals surface area contributed by atoms with E-state index in [1.165, 1.54) is 0 Å². The van der Waals surface area contributed by atoms with Gasteiger partial charge in [0.05, 0.1) is 6.04 Å². The molecule has 0 bridgehead atoms. The lowest BCUT2D eigenvalue weighted by Gasteiger charge is -2.21. The van der Waals surface area contributed by atoms with Crippen LogP contribution in [0.25, 0.3) is 0 Å². The van der Waals surface area contributed by atoms with Crippen molar-refractivity contribution in [1.29, 1.82) is 0 Å². The molecule has 2 atom stereocenters. The summed E-state index contributed by atoms with van der Waals surface area (Å²) in [7, 11) is 0. The van der Waals surface area contributed by atoms with Gasteiger partial charge >= 0.3 is 0 Å². The maximum absolute atomic E-state index is 11.0. The van der Waals surface area contributed by atoms with Gasteiger partial charge in [0.1, 0.15) is 0 Å². The van der Waals surface area contributed by atoms with Gasteiger partial charge in [0, 0.05) is 19.1 Å². The fourth-order valence-electron chi connectivity index (χ4n) is 1.44. The molecule has 11 heavy (non-hydrogen) atoms. The summed E-state index contributed by atoms with van der Waals surface area (Å²) in [5, 5.41) is 5.60. The highest BCUT2D eigenvalue weighted by Crippen LogP contribution is 2.19. The van der Waals surface area contributed by atoms with Crippen LogP contribution < -0.4 is 0 Å². The highest BCUT2D eigenvalue weighted by molar-refractivity contribution is 5.77. The summed E-state index contributed by atoms with van der Waals surface area (Å²) < 4.78 is 0. The van der Waals surface area contributed by atoms with Gasteiger partial charge in [-0.1, -0.05) is 13.8 Å². The van der Waals surface area contributed by atoms with Gasteiger partial charge in [-0.05, 0) is 6.42 Å². The SMILES string of the molecule is CC[C@@H]1[C@@H](C)C=NN1C(C)=O. The van der Waals surface area contributed by atoms with Crippen molar-refractivity contribution < 1.29 is 4.79 Å². The minimum Gasteiger partial charge on any atom is -0.273 e. The van der Waals surface area contributed by atoms with E-state index in [2.05, 4.69) is 18.9 Å². The molecule has 1 aliphatic heterocycles. The Hall–Kier alpha value is -0.860. The molecule has 0 aliphatic carbocycles. The second-order valence-corrected chi connectivity index (χ2v) is 2.96. The summed E-state index contributed by atoms with van der Waals surface area (Å²) in [6.45, 7) is 5.71. The molecule has 0 saturated carbocycles. The van der Waals surface area contributed by atoms with E-state index in [0.717, 1.165) is 6.42 Å². The van der Waals surface area contributed by atoms with Crippen LogP contribution in [0.3, 0.4) is 0 Å². The standard InChI is InChI=1S/C8H14N2O/c1-4-8-6(2)5-9-10(8)7(3)11/h5-6,8H,4H2,1-3H3/t6-,8+/m0/s1. The van der Waals surface area contributed by atoms with Crippen molar-refractivity contribution in [2.75, 3.05) is 0 Å². The Morgan fingerprint density at radius 2 is 2.36 bits per heavy atom. The maximum Gasteiger partial charge on any atom is 0.239 e. The predicted molar refractivity (Wildman–Crippen MR) is 44.3 cm³/mol. The largest absolute Gasteiger partial charge is 0.273 e. The molecule has 1 amide bonds. The molecule has 62 valence electrons. The number of hydrazone groups is 1. The van der Waals surface area contributed by atoms with Crippen LogP contribution in [0.1, 0.15) is 27.2 Å². The van der Waals surface area contributed by atoms with E-state index in [9.17, 15) is 4.79 Å². The molecule has 0 aromatic heterocycles. The van der Waals surface area contributed by atoms with E-state index in [1.807, 2.05) is 6.21 Å². The first-order chi connectivity index (χ1) is 5.16. The highest BCUT2D eigenvalue weighted by atomic mass is 16.2. The minimum absolute atomic E-state index is 0.0393. The van der Waals surface area contributed by atoms with E-state index in [0.29, 0.717) is 5.92 Å². The third-order valence-corrected chi connectivity index (χ3v) is 2.09. The van der Waals surface area contributed by atoms with E-state index in [-0.39, 0.29) is 11.9 Å². The third kappa shape index (κ3) is 1.42. The van der Waals surface area contributed by atoms with Gasteiger partial charge in [-0.15, -0.1) is 0 Å². The minimum atomic E-state index is 0.0393. The fourth-order valence-corrected chi connectivity index (χ4v) is 1.44. The van der Waals surface area contributed by atoms with Crippen LogP contribution in [0.4, 0.5) is 0 Å². The highest BCUT2D eigenvalue weighted by Gasteiger charge is 2.28. The molecule has 0 aromatic carbocycles. The molecule has 1 heterocycles. The van der Waals surface area contributed by atoms with E-state index in [4.69, 9.17) is 0 Å². The first kappa shape index (κ1) is 8.24. The van der Waals surface area contributed by atoms with Gasteiger partial charge in [0.15, 0.2) is 0 Å². The fraction of sp³-hybridized carbons (Fsp3) is 0.750. The first-order valence-corrected chi connectivity index (χ1v) is 4.00. The monoisotopic (exact) mass is 154 g/mol.